The Morgan fingerprint density at radius 1 is 1.24 bits per heavy atom. The fourth-order valence-corrected chi connectivity index (χ4v) is 2.29. The second kappa shape index (κ2) is 7.50. The minimum absolute atomic E-state index is 0.571. The maximum Gasteiger partial charge on any atom is 0.0110 e. The fraction of sp³-hybridized carbons (Fsp3) is 0.625. The van der Waals surface area contributed by atoms with E-state index in [0.717, 1.165) is 6.42 Å². The van der Waals surface area contributed by atoms with Crippen molar-refractivity contribution in [3.05, 3.63) is 35.4 Å². The zero-order valence-electron chi connectivity index (χ0n) is 11.8. The van der Waals surface area contributed by atoms with Gasteiger partial charge in [0.1, 0.15) is 0 Å². The standard InChI is InChI=1S/C16H27N/c1-5-6-10-16(17-13(2)3)12-15-9-7-8-14(4)11-15/h7-9,11,13,16-17H,5-6,10,12H2,1-4H3. The van der Waals surface area contributed by atoms with Crippen LogP contribution in [0.3, 0.4) is 0 Å². The van der Waals surface area contributed by atoms with Gasteiger partial charge in [0, 0.05) is 12.1 Å². The Kier molecular flexibility index (Phi) is 6.28. The van der Waals surface area contributed by atoms with Crippen LogP contribution < -0.4 is 5.32 Å². The lowest BCUT2D eigenvalue weighted by atomic mass is 9.99. The molecule has 96 valence electrons. The third-order valence-corrected chi connectivity index (χ3v) is 3.04. The van der Waals surface area contributed by atoms with Crippen LogP contribution in [0.2, 0.25) is 0 Å². The Morgan fingerprint density at radius 3 is 2.59 bits per heavy atom. The summed E-state index contributed by atoms with van der Waals surface area (Å²) in [7, 11) is 0. The Morgan fingerprint density at radius 2 is 2.00 bits per heavy atom. The van der Waals surface area contributed by atoms with E-state index in [1.807, 2.05) is 0 Å². The number of aryl methyl sites for hydroxylation is 1. The highest BCUT2D eigenvalue weighted by Gasteiger charge is 2.10. The van der Waals surface area contributed by atoms with Crippen LogP contribution in [0.1, 0.15) is 51.2 Å². The minimum Gasteiger partial charge on any atom is -0.311 e. The van der Waals surface area contributed by atoms with Crippen molar-refractivity contribution >= 4 is 0 Å². The van der Waals surface area contributed by atoms with Gasteiger partial charge in [0.05, 0.1) is 0 Å². The van der Waals surface area contributed by atoms with Crippen LogP contribution >= 0.6 is 0 Å². The Balaban J connectivity index is 2.58. The first kappa shape index (κ1) is 14.2. The van der Waals surface area contributed by atoms with Gasteiger partial charge in [0.15, 0.2) is 0 Å². The number of hydrogen-bond acceptors (Lipinski definition) is 1. The first-order valence-corrected chi connectivity index (χ1v) is 6.93. The predicted molar refractivity (Wildman–Crippen MR) is 76.5 cm³/mol. The maximum atomic E-state index is 3.68. The van der Waals surface area contributed by atoms with Gasteiger partial charge >= 0.3 is 0 Å². The summed E-state index contributed by atoms with van der Waals surface area (Å²) in [4.78, 5) is 0. The molecule has 0 aliphatic carbocycles. The number of unbranched alkanes of at least 4 members (excludes halogenated alkanes) is 1. The van der Waals surface area contributed by atoms with E-state index in [4.69, 9.17) is 0 Å². The summed E-state index contributed by atoms with van der Waals surface area (Å²) in [5.41, 5.74) is 2.82. The molecule has 1 rings (SSSR count). The Bertz CT molecular complexity index is 317. The van der Waals surface area contributed by atoms with Crippen molar-refractivity contribution in [2.75, 3.05) is 0 Å². The second-order valence-electron chi connectivity index (χ2n) is 5.35. The summed E-state index contributed by atoms with van der Waals surface area (Å²) in [6, 6.07) is 10.1. The molecule has 0 amide bonds. The van der Waals surface area contributed by atoms with E-state index < -0.39 is 0 Å². The number of nitrogens with one attached hydrogen (secondary N) is 1. The smallest absolute Gasteiger partial charge is 0.0110 e. The third-order valence-electron chi connectivity index (χ3n) is 3.04. The number of benzene rings is 1. The van der Waals surface area contributed by atoms with E-state index in [2.05, 4.69) is 57.3 Å². The van der Waals surface area contributed by atoms with Gasteiger partial charge in [-0.25, -0.2) is 0 Å². The molecule has 1 aromatic carbocycles. The molecule has 0 bridgehead atoms. The van der Waals surface area contributed by atoms with E-state index >= 15 is 0 Å². The Hall–Kier alpha value is -0.820. The van der Waals surface area contributed by atoms with Gasteiger partial charge < -0.3 is 5.32 Å². The summed E-state index contributed by atoms with van der Waals surface area (Å²) in [6.45, 7) is 8.89. The summed E-state index contributed by atoms with van der Waals surface area (Å²) >= 11 is 0. The number of rotatable bonds is 7. The molecule has 1 N–H and O–H groups in total. The van der Waals surface area contributed by atoms with E-state index in [-0.39, 0.29) is 0 Å². The molecule has 1 heteroatoms. The highest BCUT2D eigenvalue weighted by Crippen LogP contribution is 2.11. The molecule has 1 unspecified atom stereocenters. The van der Waals surface area contributed by atoms with E-state index in [9.17, 15) is 0 Å². The fourth-order valence-electron chi connectivity index (χ4n) is 2.29. The number of hydrogen-bond donors (Lipinski definition) is 1. The van der Waals surface area contributed by atoms with Crippen molar-refractivity contribution < 1.29 is 0 Å². The molecule has 0 spiro atoms. The molecule has 1 aromatic rings. The van der Waals surface area contributed by atoms with Gasteiger partial charge in [-0.3, -0.25) is 0 Å². The van der Waals surface area contributed by atoms with E-state index in [1.165, 1.54) is 30.4 Å². The van der Waals surface area contributed by atoms with Crippen molar-refractivity contribution in [1.29, 1.82) is 0 Å². The molecule has 1 nitrogen and oxygen atoms in total. The molecule has 0 fully saturated rings. The van der Waals surface area contributed by atoms with Crippen molar-refractivity contribution in [2.45, 2.75) is 65.5 Å². The predicted octanol–water partition coefficient (Wildman–Crippen LogP) is 4.09. The molecular formula is C16H27N. The van der Waals surface area contributed by atoms with Crippen LogP contribution in [0.25, 0.3) is 0 Å². The molecule has 0 saturated heterocycles. The second-order valence-corrected chi connectivity index (χ2v) is 5.35. The summed E-state index contributed by atoms with van der Waals surface area (Å²) in [5, 5.41) is 3.68. The molecule has 0 heterocycles. The van der Waals surface area contributed by atoms with E-state index in [0.29, 0.717) is 12.1 Å². The first-order chi connectivity index (χ1) is 8.11. The lowest BCUT2D eigenvalue weighted by molar-refractivity contribution is 0.425. The molecule has 0 aromatic heterocycles. The highest BCUT2D eigenvalue weighted by atomic mass is 14.9. The van der Waals surface area contributed by atoms with Gasteiger partial charge in [-0.1, -0.05) is 63.4 Å². The maximum absolute atomic E-state index is 3.68. The van der Waals surface area contributed by atoms with Crippen LogP contribution in [0.4, 0.5) is 0 Å². The third kappa shape index (κ3) is 5.88. The van der Waals surface area contributed by atoms with Crippen molar-refractivity contribution in [3.8, 4) is 0 Å². The molecule has 0 aliphatic rings. The van der Waals surface area contributed by atoms with Gasteiger partial charge in [0.25, 0.3) is 0 Å². The van der Waals surface area contributed by atoms with Crippen LogP contribution in [-0.4, -0.2) is 12.1 Å². The molecule has 0 radical (unpaired) electrons. The topological polar surface area (TPSA) is 12.0 Å². The molecule has 0 saturated carbocycles. The zero-order chi connectivity index (χ0) is 12.7. The average molecular weight is 233 g/mol. The van der Waals surface area contributed by atoms with E-state index in [1.54, 1.807) is 0 Å². The minimum atomic E-state index is 0.571. The van der Waals surface area contributed by atoms with Crippen molar-refractivity contribution in [2.24, 2.45) is 0 Å². The van der Waals surface area contributed by atoms with Crippen LogP contribution in [0.15, 0.2) is 24.3 Å². The monoisotopic (exact) mass is 233 g/mol. The molecule has 1 atom stereocenters. The molecule has 17 heavy (non-hydrogen) atoms. The first-order valence-electron chi connectivity index (χ1n) is 6.93. The van der Waals surface area contributed by atoms with Gasteiger partial charge in [0.2, 0.25) is 0 Å². The van der Waals surface area contributed by atoms with Crippen LogP contribution in [-0.2, 0) is 6.42 Å². The van der Waals surface area contributed by atoms with Crippen molar-refractivity contribution in [1.82, 2.24) is 5.32 Å². The zero-order valence-corrected chi connectivity index (χ0v) is 11.8. The quantitative estimate of drug-likeness (QED) is 0.748. The summed E-state index contributed by atoms with van der Waals surface area (Å²) in [5.74, 6) is 0. The summed E-state index contributed by atoms with van der Waals surface area (Å²) in [6.07, 6.45) is 5.03. The normalized spacial score (nSPS) is 13.0. The van der Waals surface area contributed by atoms with Gasteiger partial charge in [-0.2, -0.15) is 0 Å². The van der Waals surface area contributed by atoms with Gasteiger partial charge in [-0.15, -0.1) is 0 Å². The van der Waals surface area contributed by atoms with Crippen LogP contribution in [0.5, 0.6) is 0 Å². The summed E-state index contributed by atoms with van der Waals surface area (Å²) < 4.78 is 0. The highest BCUT2D eigenvalue weighted by molar-refractivity contribution is 5.23. The van der Waals surface area contributed by atoms with Crippen molar-refractivity contribution in [3.63, 3.8) is 0 Å². The SMILES string of the molecule is CCCCC(Cc1cccc(C)c1)NC(C)C. The average Bonchev–Trinajstić information content (AvgIpc) is 2.25. The van der Waals surface area contributed by atoms with Crippen LogP contribution in [0, 0.1) is 6.92 Å². The lowest BCUT2D eigenvalue weighted by Gasteiger charge is -2.21. The lowest BCUT2D eigenvalue weighted by Crippen LogP contribution is -2.36. The molecule has 0 aliphatic heterocycles. The molecular weight excluding hydrogens is 206 g/mol. The Labute approximate surface area is 107 Å². The van der Waals surface area contributed by atoms with Gasteiger partial charge in [-0.05, 0) is 25.3 Å². The largest absolute Gasteiger partial charge is 0.311 e.